The molecule has 1 amide bonds. The molecule has 0 radical (unpaired) electrons. The van der Waals surface area contributed by atoms with Crippen molar-refractivity contribution in [3.63, 3.8) is 0 Å². The highest BCUT2D eigenvalue weighted by Gasteiger charge is 2.19. The molecule has 5 rings (SSSR count). The van der Waals surface area contributed by atoms with Gasteiger partial charge in [0.1, 0.15) is 16.4 Å². The van der Waals surface area contributed by atoms with E-state index in [-0.39, 0.29) is 0 Å². The van der Waals surface area contributed by atoms with E-state index in [1.165, 1.54) is 17.6 Å². The predicted octanol–water partition coefficient (Wildman–Crippen LogP) is 6.84. The van der Waals surface area contributed by atoms with Crippen LogP contribution in [0.15, 0.2) is 96.1 Å². The third kappa shape index (κ3) is 5.48. The van der Waals surface area contributed by atoms with Crippen LogP contribution in [-0.2, 0) is 4.79 Å². The van der Waals surface area contributed by atoms with Crippen molar-refractivity contribution < 1.29 is 19.1 Å². The van der Waals surface area contributed by atoms with Crippen molar-refractivity contribution in [2.24, 2.45) is 5.10 Å². The minimum absolute atomic E-state index is 0.335. The number of hydrogen-bond donors (Lipinski definition) is 1. The summed E-state index contributed by atoms with van der Waals surface area (Å²) in [5.41, 5.74) is 3.12. The number of carbonyl (C=O) groups excluding carboxylic acids is 2. The van der Waals surface area contributed by atoms with Gasteiger partial charge < -0.3 is 9.47 Å². The largest absolute Gasteiger partial charge is 0.480 e. The van der Waals surface area contributed by atoms with E-state index >= 15 is 0 Å². The van der Waals surface area contributed by atoms with Crippen LogP contribution >= 0.6 is 22.9 Å². The van der Waals surface area contributed by atoms with Gasteiger partial charge in [0.2, 0.25) is 0 Å². The molecule has 5 aromatic rings. The van der Waals surface area contributed by atoms with Crippen molar-refractivity contribution in [3.8, 4) is 11.5 Å². The number of rotatable bonds is 7. The second-order valence-corrected chi connectivity index (χ2v) is 9.61. The molecular weight excluding hydrogens is 508 g/mol. The quantitative estimate of drug-likeness (QED) is 0.108. The molecule has 0 aliphatic carbocycles. The summed E-state index contributed by atoms with van der Waals surface area (Å²) in [6.07, 6.45) is 0.702. The average Bonchev–Trinajstić information content (AvgIpc) is 3.25. The lowest BCUT2D eigenvalue weighted by Gasteiger charge is -2.14. The van der Waals surface area contributed by atoms with Gasteiger partial charge in [-0.3, -0.25) is 4.79 Å². The normalized spacial score (nSPS) is 12.1. The zero-order chi connectivity index (χ0) is 25.8. The summed E-state index contributed by atoms with van der Waals surface area (Å²) in [6.45, 7) is 1.66. The van der Waals surface area contributed by atoms with Crippen molar-refractivity contribution in [3.05, 3.63) is 106 Å². The van der Waals surface area contributed by atoms with Crippen molar-refractivity contribution in [1.82, 2.24) is 5.43 Å². The number of hydrogen-bond acceptors (Lipinski definition) is 6. The average molecular weight is 529 g/mol. The van der Waals surface area contributed by atoms with Crippen LogP contribution in [0.1, 0.15) is 22.2 Å². The van der Waals surface area contributed by atoms with Crippen LogP contribution in [0.5, 0.6) is 11.5 Å². The molecule has 1 aromatic heterocycles. The van der Waals surface area contributed by atoms with E-state index < -0.39 is 18.0 Å². The van der Waals surface area contributed by atoms with E-state index in [0.29, 0.717) is 27.0 Å². The van der Waals surface area contributed by atoms with Crippen molar-refractivity contribution >= 4 is 61.9 Å². The van der Waals surface area contributed by atoms with Gasteiger partial charge >= 0.3 is 5.97 Å². The van der Waals surface area contributed by atoms with E-state index in [0.717, 1.165) is 20.9 Å². The van der Waals surface area contributed by atoms with Crippen LogP contribution in [0.4, 0.5) is 0 Å². The van der Waals surface area contributed by atoms with Gasteiger partial charge in [-0.15, -0.1) is 11.3 Å². The van der Waals surface area contributed by atoms with E-state index in [1.807, 2.05) is 66.7 Å². The number of esters is 1. The monoisotopic (exact) mass is 528 g/mol. The van der Waals surface area contributed by atoms with Crippen LogP contribution in [0, 0.1) is 0 Å². The van der Waals surface area contributed by atoms with Crippen LogP contribution in [-0.4, -0.2) is 24.2 Å². The molecule has 6 nitrogen and oxygen atoms in total. The highest BCUT2D eigenvalue weighted by molar-refractivity contribution is 7.21. The molecule has 0 saturated carbocycles. The lowest BCUT2D eigenvalue weighted by molar-refractivity contribution is -0.127. The summed E-state index contributed by atoms with van der Waals surface area (Å²) in [5, 5.41) is 7.18. The number of amides is 1. The van der Waals surface area contributed by atoms with Gasteiger partial charge in [0, 0.05) is 15.5 Å². The van der Waals surface area contributed by atoms with Crippen molar-refractivity contribution in [1.29, 1.82) is 0 Å². The number of fused-ring (bicyclic) bond motifs is 2. The second-order valence-electron chi connectivity index (χ2n) is 8.17. The number of hydrazone groups is 1. The summed E-state index contributed by atoms with van der Waals surface area (Å²) in [4.78, 5) is 25.6. The molecule has 0 unspecified atom stereocenters. The first kappa shape index (κ1) is 24.5. The number of nitrogens with zero attached hydrogens (tertiary/aromatic N) is 1. The summed E-state index contributed by atoms with van der Waals surface area (Å²) in [5.74, 6) is 0.0265. The number of thiophene rings is 1. The fraction of sp³-hybridized carbons (Fsp3) is 0.0690. The molecule has 0 aliphatic heterocycles. The zero-order valence-corrected chi connectivity index (χ0v) is 21.3. The number of carbonyl (C=O) groups is 2. The van der Waals surface area contributed by atoms with Crippen LogP contribution in [0.3, 0.4) is 0 Å². The summed E-state index contributed by atoms with van der Waals surface area (Å²) in [7, 11) is 0. The van der Waals surface area contributed by atoms with E-state index in [1.54, 1.807) is 31.2 Å². The summed E-state index contributed by atoms with van der Waals surface area (Å²) in [6, 6.07) is 27.8. The topological polar surface area (TPSA) is 77.0 Å². The second kappa shape index (κ2) is 10.8. The molecule has 0 bridgehead atoms. The molecule has 0 fully saturated rings. The first-order valence-electron chi connectivity index (χ1n) is 11.5. The van der Waals surface area contributed by atoms with E-state index in [2.05, 4.69) is 10.5 Å². The maximum atomic E-state index is 12.7. The lowest BCUT2D eigenvalue weighted by atomic mass is 10.1. The highest BCUT2D eigenvalue weighted by Crippen LogP contribution is 2.35. The molecule has 0 aliphatic rings. The molecule has 4 aromatic carbocycles. The molecule has 184 valence electrons. The van der Waals surface area contributed by atoms with Crippen molar-refractivity contribution in [2.75, 3.05) is 0 Å². The molecule has 1 N–H and O–H groups in total. The Hall–Kier alpha value is -4.20. The summed E-state index contributed by atoms with van der Waals surface area (Å²) < 4.78 is 12.3. The molecule has 0 spiro atoms. The first-order valence-corrected chi connectivity index (χ1v) is 12.7. The van der Waals surface area contributed by atoms with Gasteiger partial charge in [-0.1, -0.05) is 78.3 Å². The van der Waals surface area contributed by atoms with E-state index in [4.69, 9.17) is 21.1 Å². The number of benzene rings is 4. The Labute approximate surface area is 222 Å². The smallest absolute Gasteiger partial charge is 0.355 e. The SMILES string of the molecule is C[C@@H](Oc1cccc2ccccc12)C(=O)N/N=C\c1cccc(OC(=O)c2sc3ccccc3c2Cl)c1. The van der Waals surface area contributed by atoms with Gasteiger partial charge in [-0.25, -0.2) is 10.2 Å². The van der Waals surface area contributed by atoms with Gasteiger partial charge in [-0.05, 0) is 42.1 Å². The minimum atomic E-state index is -0.763. The molecule has 8 heteroatoms. The Morgan fingerprint density at radius 3 is 2.51 bits per heavy atom. The summed E-state index contributed by atoms with van der Waals surface area (Å²) >= 11 is 7.67. The number of halogens is 1. The highest BCUT2D eigenvalue weighted by atomic mass is 35.5. The van der Waals surface area contributed by atoms with Gasteiger partial charge in [-0.2, -0.15) is 5.10 Å². The standard InChI is InChI=1S/C29H21ClN2O4S/c1-18(35-24-14-7-10-20-9-2-3-12-22(20)24)28(33)32-31-17-19-8-6-11-21(16-19)36-29(34)27-26(30)23-13-4-5-15-25(23)37-27/h2-18H,1H3,(H,32,33)/b31-17-/t18-/m1/s1. The van der Waals surface area contributed by atoms with Crippen LogP contribution < -0.4 is 14.9 Å². The Morgan fingerprint density at radius 2 is 1.68 bits per heavy atom. The van der Waals surface area contributed by atoms with Crippen LogP contribution in [0.2, 0.25) is 5.02 Å². The van der Waals surface area contributed by atoms with Gasteiger partial charge in [0.05, 0.1) is 11.2 Å². The first-order chi connectivity index (χ1) is 18.0. The maximum Gasteiger partial charge on any atom is 0.355 e. The van der Waals surface area contributed by atoms with Gasteiger partial charge in [0.15, 0.2) is 6.10 Å². The lowest BCUT2D eigenvalue weighted by Crippen LogP contribution is -2.33. The Kier molecular flexibility index (Phi) is 7.16. The van der Waals surface area contributed by atoms with Crippen LogP contribution in [0.25, 0.3) is 20.9 Å². The predicted molar refractivity (Wildman–Crippen MR) is 148 cm³/mol. The minimum Gasteiger partial charge on any atom is -0.480 e. The Balaban J connectivity index is 1.21. The third-order valence-electron chi connectivity index (χ3n) is 5.60. The number of nitrogens with one attached hydrogen (secondary N) is 1. The van der Waals surface area contributed by atoms with E-state index in [9.17, 15) is 9.59 Å². The number of ether oxygens (including phenoxy) is 2. The van der Waals surface area contributed by atoms with Crippen molar-refractivity contribution in [2.45, 2.75) is 13.0 Å². The third-order valence-corrected chi connectivity index (χ3v) is 7.26. The van der Waals surface area contributed by atoms with Gasteiger partial charge in [0.25, 0.3) is 5.91 Å². The molecule has 0 saturated heterocycles. The Bertz CT molecular complexity index is 1640. The fourth-order valence-corrected chi connectivity index (χ4v) is 5.15. The maximum absolute atomic E-state index is 12.7. The Morgan fingerprint density at radius 1 is 0.946 bits per heavy atom. The molecule has 37 heavy (non-hydrogen) atoms. The molecule has 1 heterocycles. The zero-order valence-electron chi connectivity index (χ0n) is 19.7. The molecular formula is C29H21ClN2O4S. The molecule has 1 atom stereocenters. The fourth-order valence-electron chi connectivity index (χ4n) is 3.76.